The van der Waals surface area contributed by atoms with Crippen LogP contribution in [0.2, 0.25) is 0 Å². The number of hydrogen-bond acceptors (Lipinski definition) is 6. The zero-order valence-corrected chi connectivity index (χ0v) is 16.4. The van der Waals surface area contributed by atoms with Gasteiger partial charge < -0.3 is 14.8 Å². The summed E-state index contributed by atoms with van der Waals surface area (Å²) < 4.78 is 13.1. The summed E-state index contributed by atoms with van der Waals surface area (Å²) in [4.78, 5) is 12.2. The molecule has 0 bridgehead atoms. The van der Waals surface area contributed by atoms with Crippen molar-refractivity contribution in [1.82, 2.24) is 25.5 Å². The molecule has 140 valence electrons. The number of aromatic nitrogens is 4. The first-order chi connectivity index (χ1) is 13.1. The van der Waals surface area contributed by atoms with E-state index in [0.29, 0.717) is 17.3 Å². The Morgan fingerprint density at radius 1 is 1.22 bits per heavy atom. The minimum atomic E-state index is -0.402. The second-order valence-electron chi connectivity index (χ2n) is 5.69. The highest BCUT2D eigenvalue weighted by molar-refractivity contribution is 9.10. The fraction of sp³-hybridized carbons (Fsp3) is 0.222. The first kappa shape index (κ1) is 18.8. The van der Waals surface area contributed by atoms with E-state index in [1.165, 1.54) is 0 Å². The van der Waals surface area contributed by atoms with E-state index in [1.54, 1.807) is 36.1 Å². The van der Waals surface area contributed by atoms with E-state index in [9.17, 15) is 4.79 Å². The lowest BCUT2D eigenvalue weighted by molar-refractivity contribution is -0.123. The molecule has 2 aromatic carbocycles. The van der Waals surface area contributed by atoms with E-state index >= 15 is 0 Å². The third-order valence-electron chi connectivity index (χ3n) is 3.72. The van der Waals surface area contributed by atoms with Gasteiger partial charge in [-0.2, -0.15) is 4.68 Å². The molecule has 3 aromatic rings. The zero-order chi connectivity index (χ0) is 19.2. The first-order valence-electron chi connectivity index (χ1n) is 8.17. The number of nitrogens with one attached hydrogen (secondary N) is 1. The van der Waals surface area contributed by atoms with Gasteiger partial charge in [0.15, 0.2) is 12.4 Å². The van der Waals surface area contributed by atoms with Gasteiger partial charge in [0.2, 0.25) is 0 Å². The molecule has 0 aliphatic carbocycles. The van der Waals surface area contributed by atoms with Gasteiger partial charge >= 0.3 is 0 Å². The number of nitrogens with zero attached hydrogens (tertiary/aromatic N) is 4. The van der Waals surface area contributed by atoms with Crippen LogP contribution in [0.1, 0.15) is 18.8 Å². The summed E-state index contributed by atoms with van der Waals surface area (Å²) in [6.07, 6.45) is 0. The molecular formula is C18H18BrN5O3. The van der Waals surface area contributed by atoms with Gasteiger partial charge in [-0.25, -0.2) is 0 Å². The largest absolute Gasteiger partial charge is 0.497 e. The van der Waals surface area contributed by atoms with Crippen LogP contribution in [0.5, 0.6) is 11.5 Å². The molecular weight excluding hydrogens is 414 g/mol. The van der Waals surface area contributed by atoms with Crippen LogP contribution < -0.4 is 14.8 Å². The number of rotatable bonds is 7. The fourth-order valence-electron chi connectivity index (χ4n) is 2.44. The molecule has 1 unspecified atom stereocenters. The number of tetrazole rings is 1. The quantitative estimate of drug-likeness (QED) is 0.618. The van der Waals surface area contributed by atoms with Crippen molar-refractivity contribution in [3.8, 4) is 17.2 Å². The molecule has 1 aromatic heterocycles. The van der Waals surface area contributed by atoms with Gasteiger partial charge in [0.1, 0.15) is 11.5 Å². The molecule has 8 nitrogen and oxygen atoms in total. The molecule has 0 saturated carbocycles. The fourth-order valence-corrected chi connectivity index (χ4v) is 2.83. The Morgan fingerprint density at radius 3 is 2.78 bits per heavy atom. The first-order valence-corrected chi connectivity index (χ1v) is 8.96. The number of halogens is 1. The summed E-state index contributed by atoms with van der Waals surface area (Å²) in [5, 5.41) is 14.6. The van der Waals surface area contributed by atoms with Crippen LogP contribution in [0, 0.1) is 0 Å². The highest BCUT2D eigenvalue weighted by Crippen LogP contribution is 2.19. The molecule has 0 radical (unpaired) electrons. The maximum atomic E-state index is 12.2. The van der Waals surface area contributed by atoms with Crippen molar-refractivity contribution in [2.75, 3.05) is 13.7 Å². The molecule has 0 fully saturated rings. The number of amides is 1. The van der Waals surface area contributed by atoms with Crippen molar-refractivity contribution in [3.05, 3.63) is 58.8 Å². The van der Waals surface area contributed by atoms with Crippen LogP contribution >= 0.6 is 15.9 Å². The van der Waals surface area contributed by atoms with Crippen LogP contribution in [0.3, 0.4) is 0 Å². The van der Waals surface area contributed by atoms with E-state index in [-0.39, 0.29) is 12.5 Å². The Morgan fingerprint density at radius 2 is 2.00 bits per heavy atom. The van der Waals surface area contributed by atoms with E-state index in [4.69, 9.17) is 9.47 Å². The molecule has 1 atom stereocenters. The van der Waals surface area contributed by atoms with E-state index < -0.39 is 6.04 Å². The number of hydrogen-bond donors (Lipinski definition) is 1. The summed E-state index contributed by atoms with van der Waals surface area (Å²) in [6, 6.07) is 14.2. The molecule has 1 heterocycles. The summed E-state index contributed by atoms with van der Waals surface area (Å²) in [7, 11) is 1.57. The molecule has 1 N–H and O–H groups in total. The third kappa shape index (κ3) is 4.82. The molecule has 0 aliphatic heterocycles. The van der Waals surface area contributed by atoms with Crippen molar-refractivity contribution in [2.45, 2.75) is 13.0 Å². The SMILES string of the molecule is COc1cccc(OCC(=O)NC(C)c2nnnn2-c2cccc(Br)c2)c1. The molecule has 3 rings (SSSR count). The maximum absolute atomic E-state index is 12.2. The number of carbonyl (C=O) groups excluding carboxylic acids is 1. The predicted octanol–water partition coefficient (Wildman–Crippen LogP) is 2.69. The Bertz CT molecular complexity index is 931. The lowest BCUT2D eigenvalue weighted by Gasteiger charge is -2.14. The Kier molecular flexibility index (Phi) is 6.02. The lowest BCUT2D eigenvalue weighted by atomic mass is 10.2. The number of ether oxygens (including phenoxy) is 2. The Labute approximate surface area is 164 Å². The van der Waals surface area contributed by atoms with E-state index in [1.807, 2.05) is 31.2 Å². The molecule has 0 saturated heterocycles. The van der Waals surface area contributed by atoms with Crippen molar-refractivity contribution < 1.29 is 14.3 Å². The average Bonchev–Trinajstić information content (AvgIpc) is 3.16. The average molecular weight is 432 g/mol. The number of carbonyl (C=O) groups is 1. The summed E-state index contributed by atoms with van der Waals surface area (Å²) >= 11 is 3.43. The molecule has 1 amide bonds. The van der Waals surface area contributed by atoms with Gasteiger partial charge in [-0.3, -0.25) is 4.79 Å². The lowest BCUT2D eigenvalue weighted by Crippen LogP contribution is -2.32. The topological polar surface area (TPSA) is 91.2 Å². The van der Waals surface area contributed by atoms with Crippen LogP contribution in [-0.4, -0.2) is 39.8 Å². The van der Waals surface area contributed by atoms with Crippen LogP contribution in [-0.2, 0) is 4.79 Å². The van der Waals surface area contributed by atoms with Gasteiger partial charge in [0.25, 0.3) is 5.91 Å². The smallest absolute Gasteiger partial charge is 0.258 e. The van der Waals surface area contributed by atoms with Gasteiger partial charge in [0.05, 0.1) is 18.8 Å². The Balaban J connectivity index is 1.63. The molecule has 27 heavy (non-hydrogen) atoms. The van der Waals surface area contributed by atoms with Gasteiger partial charge in [-0.05, 0) is 47.7 Å². The molecule has 0 spiro atoms. The maximum Gasteiger partial charge on any atom is 0.258 e. The summed E-state index contributed by atoms with van der Waals surface area (Å²) in [6.45, 7) is 1.68. The highest BCUT2D eigenvalue weighted by Gasteiger charge is 2.18. The second-order valence-corrected chi connectivity index (χ2v) is 6.60. The third-order valence-corrected chi connectivity index (χ3v) is 4.22. The molecule has 0 aliphatic rings. The van der Waals surface area contributed by atoms with Gasteiger partial charge in [0, 0.05) is 10.5 Å². The predicted molar refractivity (Wildman–Crippen MR) is 102 cm³/mol. The van der Waals surface area contributed by atoms with Crippen molar-refractivity contribution in [1.29, 1.82) is 0 Å². The number of benzene rings is 2. The second kappa shape index (κ2) is 8.63. The van der Waals surface area contributed by atoms with Crippen molar-refractivity contribution in [3.63, 3.8) is 0 Å². The number of methoxy groups -OCH3 is 1. The minimum Gasteiger partial charge on any atom is -0.497 e. The van der Waals surface area contributed by atoms with Gasteiger partial charge in [-0.15, -0.1) is 5.10 Å². The summed E-state index contributed by atoms with van der Waals surface area (Å²) in [5.74, 6) is 1.45. The minimum absolute atomic E-state index is 0.129. The summed E-state index contributed by atoms with van der Waals surface area (Å²) in [5.41, 5.74) is 0.790. The van der Waals surface area contributed by atoms with Crippen LogP contribution in [0.25, 0.3) is 5.69 Å². The monoisotopic (exact) mass is 431 g/mol. The highest BCUT2D eigenvalue weighted by atomic mass is 79.9. The zero-order valence-electron chi connectivity index (χ0n) is 14.8. The molecule has 9 heteroatoms. The van der Waals surface area contributed by atoms with Gasteiger partial charge in [-0.1, -0.05) is 28.1 Å². The van der Waals surface area contributed by atoms with E-state index in [0.717, 1.165) is 10.2 Å². The van der Waals surface area contributed by atoms with Crippen LogP contribution in [0.15, 0.2) is 53.0 Å². The van der Waals surface area contributed by atoms with Crippen LogP contribution in [0.4, 0.5) is 0 Å². The van der Waals surface area contributed by atoms with Crippen molar-refractivity contribution in [2.24, 2.45) is 0 Å². The standard InChI is InChI=1S/C18H18BrN5O3/c1-12(18-21-22-23-24(18)14-6-3-5-13(19)9-14)20-17(25)11-27-16-8-4-7-15(10-16)26-2/h3-10,12H,11H2,1-2H3,(H,20,25). The Hall–Kier alpha value is -2.94. The normalized spacial score (nSPS) is 11.7. The van der Waals surface area contributed by atoms with Crippen molar-refractivity contribution >= 4 is 21.8 Å². The van der Waals surface area contributed by atoms with E-state index in [2.05, 4.69) is 36.8 Å².